The molecule has 4 nitrogen and oxygen atoms in total. The summed E-state index contributed by atoms with van der Waals surface area (Å²) < 4.78 is 6.22. The Morgan fingerprint density at radius 3 is 3.00 bits per heavy atom. The van der Waals surface area contributed by atoms with E-state index in [1.165, 1.54) is 17.1 Å². The molecule has 4 heteroatoms. The van der Waals surface area contributed by atoms with Gasteiger partial charge in [-0.1, -0.05) is 6.07 Å². The second-order valence-corrected chi connectivity index (χ2v) is 2.64. The van der Waals surface area contributed by atoms with Crippen molar-refractivity contribution >= 4 is 0 Å². The lowest BCUT2D eigenvalue weighted by Crippen LogP contribution is -2.13. The van der Waals surface area contributed by atoms with Crippen molar-refractivity contribution in [1.29, 1.82) is 0 Å². The molecular weight excluding hydrogens is 168 g/mol. The summed E-state index contributed by atoms with van der Waals surface area (Å²) in [5, 5.41) is 0. The molecule has 2 aromatic rings. The normalized spacial score (nSPS) is 10.2. The van der Waals surface area contributed by atoms with Gasteiger partial charge in [-0.15, -0.1) is 0 Å². The summed E-state index contributed by atoms with van der Waals surface area (Å²) in [5.41, 5.74) is 0.809. The monoisotopic (exact) mass is 176 g/mol. The van der Waals surface area contributed by atoms with Gasteiger partial charge >= 0.3 is 0 Å². The summed E-state index contributed by atoms with van der Waals surface area (Å²) in [4.78, 5) is 15.0. The van der Waals surface area contributed by atoms with Gasteiger partial charge < -0.3 is 4.52 Å². The fraction of sp³-hybridized carbons (Fsp3) is 0.111. The van der Waals surface area contributed by atoms with Crippen LogP contribution < -0.4 is 5.56 Å². The third-order valence-corrected chi connectivity index (χ3v) is 1.69. The largest absolute Gasteiger partial charge is 0.384 e. The van der Waals surface area contributed by atoms with Crippen molar-refractivity contribution < 1.29 is 4.52 Å². The van der Waals surface area contributed by atoms with Crippen LogP contribution >= 0.6 is 0 Å². The molecule has 2 rings (SSSR count). The molecule has 0 spiro atoms. The van der Waals surface area contributed by atoms with Crippen molar-refractivity contribution in [1.82, 2.24) is 9.72 Å². The van der Waals surface area contributed by atoms with Gasteiger partial charge in [0.25, 0.3) is 5.56 Å². The Balaban J connectivity index is 2.25. The summed E-state index contributed by atoms with van der Waals surface area (Å²) in [5.74, 6) is 0. The van der Waals surface area contributed by atoms with E-state index in [9.17, 15) is 4.79 Å². The van der Waals surface area contributed by atoms with E-state index < -0.39 is 0 Å². The van der Waals surface area contributed by atoms with E-state index >= 15 is 0 Å². The number of nitrogens with zero attached hydrogens (tertiary/aromatic N) is 2. The number of aromatic nitrogens is 2. The molecule has 0 aromatic carbocycles. The highest BCUT2D eigenvalue weighted by Gasteiger charge is 1.98. The molecule has 0 bridgehead atoms. The summed E-state index contributed by atoms with van der Waals surface area (Å²) in [6.07, 6.45) is 4.77. The zero-order valence-electron chi connectivity index (χ0n) is 6.88. The lowest BCUT2D eigenvalue weighted by molar-refractivity contribution is 0.277. The molecule has 2 aromatic heterocycles. The Hall–Kier alpha value is -1.84. The topological polar surface area (TPSA) is 48.0 Å². The predicted octanol–water partition coefficient (Wildman–Crippen LogP) is 0.885. The second kappa shape index (κ2) is 3.26. The van der Waals surface area contributed by atoms with Crippen LogP contribution in [0.15, 0.2) is 46.2 Å². The first-order valence-electron chi connectivity index (χ1n) is 3.90. The molecule has 0 atom stereocenters. The minimum atomic E-state index is -0.135. The molecule has 0 amide bonds. The van der Waals surface area contributed by atoms with Crippen LogP contribution in [0.3, 0.4) is 0 Å². The van der Waals surface area contributed by atoms with E-state index in [-0.39, 0.29) is 5.56 Å². The van der Waals surface area contributed by atoms with Gasteiger partial charge in [0.2, 0.25) is 0 Å². The van der Waals surface area contributed by atoms with Gasteiger partial charge in [-0.3, -0.25) is 9.78 Å². The molecule has 13 heavy (non-hydrogen) atoms. The standard InChI is InChI=1S/C9H8N2O2/c12-9-3-5-13-11(9)7-8-2-1-4-10-6-8/h1-6H,7H2. The lowest BCUT2D eigenvalue weighted by atomic mass is 10.3. The average molecular weight is 176 g/mol. The van der Waals surface area contributed by atoms with Crippen molar-refractivity contribution in [3.63, 3.8) is 0 Å². The van der Waals surface area contributed by atoms with E-state index in [4.69, 9.17) is 4.52 Å². The number of hydrogen-bond acceptors (Lipinski definition) is 3. The molecule has 0 aliphatic rings. The third kappa shape index (κ3) is 1.66. The van der Waals surface area contributed by atoms with Crippen molar-refractivity contribution in [2.75, 3.05) is 0 Å². The Kier molecular flexibility index (Phi) is 1.96. The summed E-state index contributed by atoms with van der Waals surface area (Å²) in [6.45, 7) is 0.430. The van der Waals surface area contributed by atoms with Crippen LogP contribution in [-0.2, 0) is 6.54 Å². The predicted molar refractivity (Wildman–Crippen MR) is 46.3 cm³/mol. The zero-order valence-corrected chi connectivity index (χ0v) is 6.88. The highest BCUT2D eigenvalue weighted by molar-refractivity contribution is 5.08. The van der Waals surface area contributed by atoms with E-state index in [1.54, 1.807) is 12.4 Å². The summed E-state index contributed by atoms with van der Waals surface area (Å²) >= 11 is 0. The Morgan fingerprint density at radius 2 is 2.38 bits per heavy atom. The molecule has 2 heterocycles. The SMILES string of the molecule is O=c1ccon1Cc1cccnc1. The fourth-order valence-corrected chi connectivity index (χ4v) is 1.07. The molecule has 66 valence electrons. The van der Waals surface area contributed by atoms with Crippen molar-refractivity contribution in [2.24, 2.45) is 0 Å². The number of pyridine rings is 1. The van der Waals surface area contributed by atoms with Gasteiger partial charge in [0.1, 0.15) is 6.26 Å². The van der Waals surface area contributed by atoms with Crippen molar-refractivity contribution in [2.45, 2.75) is 6.54 Å². The highest BCUT2D eigenvalue weighted by Crippen LogP contribution is 1.97. The van der Waals surface area contributed by atoms with Crippen LogP contribution in [0.5, 0.6) is 0 Å². The smallest absolute Gasteiger partial charge is 0.282 e. The molecule has 0 N–H and O–H groups in total. The van der Waals surface area contributed by atoms with Crippen molar-refractivity contribution in [3.8, 4) is 0 Å². The minimum absolute atomic E-state index is 0.135. The Morgan fingerprint density at radius 1 is 1.46 bits per heavy atom. The Bertz CT molecular complexity index is 430. The Labute approximate surface area is 74.4 Å². The molecule has 0 unspecified atom stereocenters. The molecule has 0 aliphatic carbocycles. The first-order valence-corrected chi connectivity index (χ1v) is 3.90. The van der Waals surface area contributed by atoms with E-state index in [0.29, 0.717) is 6.54 Å². The van der Waals surface area contributed by atoms with Gasteiger partial charge in [-0.2, -0.15) is 4.74 Å². The van der Waals surface area contributed by atoms with E-state index in [2.05, 4.69) is 4.98 Å². The van der Waals surface area contributed by atoms with Crippen molar-refractivity contribution in [3.05, 3.63) is 52.8 Å². The van der Waals surface area contributed by atoms with E-state index in [1.807, 2.05) is 12.1 Å². The molecular formula is C9H8N2O2. The van der Waals surface area contributed by atoms with E-state index in [0.717, 1.165) is 5.56 Å². The maximum atomic E-state index is 11.1. The van der Waals surface area contributed by atoms with Crippen LogP contribution in [-0.4, -0.2) is 9.72 Å². The van der Waals surface area contributed by atoms with Gasteiger partial charge in [0.05, 0.1) is 6.54 Å². The molecule has 0 aliphatic heterocycles. The van der Waals surface area contributed by atoms with Crippen LogP contribution in [0.2, 0.25) is 0 Å². The van der Waals surface area contributed by atoms with Crippen LogP contribution in [0.25, 0.3) is 0 Å². The lowest BCUT2D eigenvalue weighted by Gasteiger charge is -1.98. The van der Waals surface area contributed by atoms with Gasteiger partial charge in [-0.25, -0.2) is 0 Å². The highest BCUT2D eigenvalue weighted by atomic mass is 16.5. The van der Waals surface area contributed by atoms with Crippen LogP contribution in [0.4, 0.5) is 0 Å². The first-order chi connectivity index (χ1) is 6.36. The van der Waals surface area contributed by atoms with Crippen LogP contribution in [0.1, 0.15) is 5.56 Å². The summed E-state index contributed by atoms with van der Waals surface area (Å²) in [6, 6.07) is 5.10. The maximum Gasteiger partial charge on any atom is 0.282 e. The number of hydrogen-bond donors (Lipinski definition) is 0. The van der Waals surface area contributed by atoms with Crippen LogP contribution in [0, 0.1) is 0 Å². The fourth-order valence-electron chi connectivity index (χ4n) is 1.07. The summed E-state index contributed by atoms with van der Waals surface area (Å²) in [7, 11) is 0. The molecule has 0 radical (unpaired) electrons. The second-order valence-electron chi connectivity index (χ2n) is 2.64. The minimum Gasteiger partial charge on any atom is -0.384 e. The number of rotatable bonds is 2. The molecule has 0 fully saturated rings. The van der Waals surface area contributed by atoms with Gasteiger partial charge in [0, 0.05) is 18.5 Å². The first kappa shape index (κ1) is 7.79. The van der Waals surface area contributed by atoms with Gasteiger partial charge in [-0.05, 0) is 11.6 Å². The molecule has 0 saturated carbocycles. The van der Waals surface area contributed by atoms with Gasteiger partial charge in [0.15, 0.2) is 0 Å². The quantitative estimate of drug-likeness (QED) is 0.682. The average Bonchev–Trinajstić information content (AvgIpc) is 2.54. The molecule has 0 saturated heterocycles. The maximum absolute atomic E-state index is 11.1. The zero-order chi connectivity index (χ0) is 9.10. The third-order valence-electron chi connectivity index (χ3n) is 1.69.